The second-order valence-electron chi connectivity index (χ2n) is 17.2. The molecule has 0 heterocycles. The molecule has 70 heavy (non-hydrogen) atoms. The number of nitrogens with one attached hydrogen (secondary N) is 5. The van der Waals surface area contributed by atoms with Gasteiger partial charge in [0.05, 0.1) is 6.04 Å². The van der Waals surface area contributed by atoms with Crippen LogP contribution in [0.15, 0.2) is 121 Å². The molecule has 4 aromatic rings. The van der Waals surface area contributed by atoms with Crippen LogP contribution in [-0.4, -0.2) is 67.8 Å². The number of ether oxygens (including phenoxy) is 4. The maximum atomic E-state index is 13.3. The molecule has 0 unspecified atom stereocenters. The minimum Gasteiger partial charge on any atom is -0.445 e. The number of carbonyl (C=O) groups excluding carboxylic acids is 6. The third kappa shape index (κ3) is 26.0. The first-order valence-corrected chi connectivity index (χ1v) is 24.9. The molecule has 2 atom stereocenters. The van der Waals surface area contributed by atoms with E-state index in [4.69, 9.17) is 18.9 Å². The van der Waals surface area contributed by atoms with Crippen molar-refractivity contribution in [1.82, 2.24) is 26.6 Å². The van der Waals surface area contributed by atoms with Crippen molar-refractivity contribution in [1.29, 1.82) is 0 Å². The maximum Gasteiger partial charge on any atom is 0.408 e. The zero-order valence-electron chi connectivity index (χ0n) is 40.5. The average molecular weight is 964 g/mol. The molecular weight excluding hydrogens is 891 g/mol. The van der Waals surface area contributed by atoms with Gasteiger partial charge in [-0.15, -0.1) is 0 Å². The molecule has 4 rings (SSSR count). The summed E-state index contributed by atoms with van der Waals surface area (Å²) < 4.78 is 21.3. The van der Waals surface area contributed by atoms with Crippen LogP contribution in [0.2, 0.25) is 0 Å². The highest BCUT2D eigenvalue weighted by atomic mass is 16.6. The van der Waals surface area contributed by atoms with Crippen molar-refractivity contribution in [2.24, 2.45) is 0 Å². The Labute approximate surface area is 413 Å². The first kappa shape index (κ1) is 55.7. The third-order valence-electron chi connectivity index (χ3n) is 11.4. The number of amides is 5. The number of alkyl carbamates (subject to hydrolysis) is 4. The van der Waals surface area contributed by atoms with Crippen LogP contribution in [0.5, 0.6) is 0 Å². The molecule has 0 aliphatic carbocycles. The fourth-order valence-electron chi connectivity index (χ4n) is 7.44. The van der Waals surface area contributed by atoms with Crippen molar-refractivity contribution in [3.05, 3.63) is 144 Å². The highest BCUT2D eigenvalue weighted by molar-refractivity contribution is 5.87. The second-order valence-corrected chi connectivity index (χ2v) is 17.2. The first-order valence-electron chi connectivity index (χ1n) is 24.9. The summed E-state index contributed by atoms with van der Waals surface area (Å²) in [6.45, 7) is 1.79. The lowest BCUT2D eigenvalue weighted by atomic mass is 9.99. The van der Waals surface area contributed by atoms with Crippen molar-refractivity contribution in [2.75, 3.05) is 19.6 Å². The molecule has 0 aromatic heterocycles. The predicted octanol–water partition coefficient (Wildman–Crippen LogP) is 10.4. The summed E-state index contributed by atoms with van der Waals surface area (Å²) in [5.74, 6) is -0.308. The van der Waals surface area contributed by atoms with Crippen LogP contribution in [0.25, 0.3) is 0 Å². The van der Waals surface area contributed by atoms with Gasteiger partial charge in [0.1, 0.15) is 32.5 Å². The van der Waals surface area contributed by atoms with Crippen LogP contribution >= 0.6 is 0 Å². The van der Waals surface area contributed by atoms with Gasteiger partial charge >= 0.3 is 24.4 Å². The minimum absolute atomic E-state index is 0.0321. The lowest BCUT2D eigenvalue weighted by molar-refractivity contribution is -0.123. The number of hydrogen-bond acceptors (Lipinski definition) is 10. The van der Waals surface area contributed by atoms with E-state index in [1.54, 1.807) is 0 Å². The lowest BCUT2D eigenvalue weighted by Gasteiger charge is -2.18. The Morgan fingerprint density at radius 2 is 0.657 bits per heavy atom. The predicted molar refractivity (Wildman–Crippen MR) is 268 cm³/mol. The van der Waals surface area contributed by atoms with Crippen LogP contribution in [0, 0.1) is 0 Å². The van der Waals surface area contributed by atoms with Gasteiger partial charge in [0.15, 0.2) is 5.78 Å². The van der Waals surface area contributed by atoms with E-state index in [0.29, 0.717) is 64.6 Å². The largest absolute Gasteiger partial charge is 0.445 e. The molecule has 15 heteroatoms. The number of hydrogen-bond donors (Lipinski definition) is 5. The number of ketones is 1. The molecule has 15 nitrogen and oxygen atoms in total. The Kier molecular flexibility index (Phi) is 28.0. The zero-order valence-corrected chi connectivity index (χ0v) is 40.5. The highest BCUT2D eigenvalue weighted by Gasteiger charge is 2.22. The average Bonchev–Trinajstić information content (AvgIpc) is 3.38. The Morgan fingerprint density at radius 1 is 0.343 bits per heavy atom. The van der Waals surface area contributed by atoms with Gasteiger partial charge in [-0.3, -0.25) is 9.59 Å². The fraction of sp³-hybridized carbons (Fsp3) is 0.455. The van der Waals surface area contributed by atoms with Gasteiger partial charge in [-0.2, -0.15) is 0 Å². The summed E-state index contributed by atoms with van der Waals surface area (Å²) in [6.07, 6.45) is 9.84. The molecule has 0 aliphatic heterocycles. The smallest absolute Gasteiger partial charge is 0.408 e. The Morgan fingerprint density at radius 3 is 1.07 bits per heavy atom. The zero-order chi connectivity index (χ0) is 49.7. The number of unbranched alkanes of at least 4 members (excludes halogenated alkanes) is 10. The third-order valence-corrected chi connectivity index (χ3v) is 11.4. The van der Waals surface area contributed by atoms with Gasteiger partial charge in [0, 0.05) is 26.1 Å². The lowest BCUT2D eigenvalue weighted by Crippen LogP contribution is -2.47. The highest BCUT2D eigenvalue weighted by Crippen LogP contribution is 2.14. The van der Waals surface area contributed by atoms with Crippen molar-refractivity contribution in [3.8, 4) is 0 Å². The van der Waals surface area contributed by atoms with Crippen LogP contribution in [-0.2, 0) is 55.0 Å². The summed E-state index contributed by atoms with van der Waals surface area (Å²) in [6, 6.07) is 36.0. The summed E-state index contributed by atoms with van der Waals surface area (Å²) in [4.78, 5) is 76.2. The summed E-state index contributed by atoms with van der Waals surface area (Å²) in [5.41, 5.74) is 3.48. The van der Waals surface area contributed by atoms with E-state index in [9.17, 15) is 28.8 Å². The van der Waals surface area contributed by atoms with Crippen LogP contribution in [0.1, 0.15) is 125 Å². The molecule has 0 saturated heterocycles. The summed E-state index contributed by atoms with van der Waals surface area (Å²) in [5, 5.41) is 14.0. The molecule has 0 aliphatic rings. The molecule has 5 N–H and O–H groups in total. The molecule has 5 amide bonds. The monoisotopic (exact) mass is 964 g/mol. The van der Waals surface area contributed by atoms with Gasteiger partial charge in [0.25, 0.3) is 0 Å². The van der Waals surface area contributed by atoms with Crippen LogP contribution < -0.4 is 26.6 Å². The quantitative estimate of drug-likeness (QED) is 0.0222. The topological polar surface area (TPSA) is 199 Å². The van der Waals surface area contributed by atoms with E-state index >= 15 is 0 Å². The van der Waals surface area contributed by atoms with E-state index < -0.39 is 36.5 Å². The molecule has 0 fully saturated rings. The molecule has 0 bridgehead atoms. The van der Waals surface area contributed by atoms with E-state index in [0.717, 1.165) is 80.0 Å². The van der Waals surface area contributed by atoms with Gasteiger partial charge < -0.3 is 45.5 Å². The first-order chi connectivity index (χ1) is 34.2. The van der Waals surface area contributed by atoms with Crippen molar-refractivity contribution in [2.45, 2.75) is 141 Å². The Hall–Kier alpha value is -6.90. The number of rotatable bonds is 34. The SMILES string of the molecule is O=C(NCCCC[C@H](NC(=O)OCc1ccccc1)C(=O)CCCCCCCCCCCNC(=O)[C@H](CCCCNC(=O)OCc1ccccc1)NC(=O)OCc1ccccc1)OCc1ccccc1. The van der Waals surface area contributed by atoms with E-state index in [1.165, 1.54) is 0 Å². The van der Waals surface area contributed by atoms with E-state index in [-0.39, 0.29) is 38.1 Å². The minimum atomic E-state index is -0.788. The molecule has 0 spiro atoms. The fourth-order valence-corrected chi connectivity index (χ4v) is 7.44. The normalized spacial score (nSPS) is 11.5. The maximum absolute atomic E-state index is 13.3. The van der Waals surface area contributed by atoms with Gasteiger partial charge in [0.2, 0.25) is 5.91 Å². The van der Waals surface area contributed by atoms with E-state index in [1.807, 2.05) is 121 Å². The Balaban J connectivity index is 1.07. The Bertz CT molecular complexity index is 1930. The van der Waals surface area contributed by atoms with Crippen LogP contribution in [0.3, 0.4) is 0 Å². The second kappa shape index (κ2) is 35.2. The molecule has 4 aromatic carbocycles. The van der Waals surface area contributed by atoms with Gasteiger partial charge in [-0.1, -0.05) is 166 Å². The number of carbonyl (C=O) groups is 6. The van der Waals surface area contributed by atoms with Gasteiger partial charge in [-0.05, 0) is 73.6 Å². The molecular formula is C55H73N5O10. The van der Waals surface area contributed by atoms with Crippen molar-refractivity contribution >= 4 is 36.1 Å². The van der Waals surface area contributed by atoms with E-state index in [2.05, 4.69) is 26.6 Å². The van der Waals surface area contributed by atoms with Crippen molar-refractivity contribution in [3.63, 3.8) is 0 Å². The van der Waals surface area contributed by atoms with Gasteiger partial charge in [-0.25, -0.2) is 19.2 Å². The molecule has 0 saturated carbocycles. The number of Topliss-reactive ketones (excluding diaryl/α,β-unsaturated/α-hetero) is 1. The molecule has 0 radical (unpaired) electrons. The summed E-state index contributed by atoms with van der Waals surface area (Å²) in [7, 11) is 0. The van der Waals surface area contributed by atoms with Crippen LogP contribution in [0.4, 0.5) is 19.2 Å². The number of benzene rings is 4. The summed E-state index contributed by atoms with van der Waals surface area (Å²) >= 11 is 0. The standard InChI is InChI=1S/C55H73N5O10/c61-50(48(59-54(65)69-42-46-30-16-10-17-31-46)34-21-24-38-57-52(63)67-40-44-26-12-8-13-27-44)36-20-6-4-2-1-3-5-7-23-37-56-51(62)49(60-55(66)70-43-47-32-18-11-19-33-47)35-22-25-39-58-53(64)68-41-45-28-14-9-15-29-45/h8-19,26-33,48-49H,1-7,20-25,34-43H2,(H,56,62)(H,57,63)(H,58,64)(H,59,65)(H,60,66)/t48-,49-/m0/s1. The van der Waals surface area contributed by atoms with Crippen molar-refractivity contribution < 1.29 is 47.7 Å². The molecule has 378 valence electrons.